The van der Waals surface area contributed by atoms with Crippen molar-refractivity contribution in [2.75, 3.05) is 25.5 Å². The first-order valence-corrected chi connectivity index (χ1v) is 8.68. The SMILES string of the molecule is CN(CCO)S(=O)(=O)c1ccccc1CNc1ccc(C#N)nc1. The van der Waals surface area contributed by atoms with E-state index in [4.69, 9.17) is 10.4 Å². The number of aliphatic hydroxyl groups is 1. The van der Waals surface area contributed by atoms with Gasteiger partial charge in [0.05, 0.1) is 23.4 Å². The first kappa shape index (κ1) is 17.9. The molecular weight excluding hydrogens is 328 g/mol. The zero-order valence-electron chi connectivity index (χ0n) is 13.2. The lowest BCUT2D eigenvalue weighted by molar-refractivity contribution is 0.266. The Morgan fingerprint density at radius 1 is 1.29 bits per heavy atom. The number of pyridine rings is 1. The maximum absolute atomic E-state index is 12.6. The molecule has 24 heavy (non-hydrogen) atoms. The zero-order chi connectivity index (χ0) is 17.6. The number of aromatic nitrogens is 1. The van der Waals surface area contributed by atoms with Crippen molar-refractivity contribution in [2.24, 2.45) is 0 Å². The van der Waals surface area contributed by atoms with E-state index in [1.54, 1.807) is 30.3 Å². The van der Waals surface area contributed by atoms with Crippen LogP contribution in [0.5, 0.6) is 0 Å². The predicted octanol–water partition coefficient (Wildman–Crippen LogP) is 1.18. The standard InChI is InChI=1S/C16H18N4O3S/c1-20(8-9-21)24(22,23)16-5-3-2-4-13(16)11-18-15-7-6-14(10-17)19-12-15/h2-7,12,18,21H,8-9,11H2,1H3. The van der Waals surface area contributed by atoms with Crippen LogP contribution in [0, 0.1) is 11.3 Å². The second kappa shape index (κ2) is 7.88. The van der Waals surface area contributed by atoms with E-state index >= 15 is 0 Å². The number of nitrogens with zero attached hydrogens (tertiary/aromatic N) is 3. The van der Waals surface area contributed by atoms with E-state index < -0.39 is 10.0 Å². The first-order valence-electron chi connectivity index (χ1n) is 7.24. The van der Waals surface area contributed by atoms with Gasteiger partial charge in [0.15, 0.2) is 0 Å². The van der Waals surface area contributed by atoms with Crippen LogP contribution in [-0.4, -0.2) is 43.0 Å². The van der Waals surface area contributed by atoms with E-state index in [-0.39, 0.29) is 24.6 Å². The Hall–Kier alpha value is -2.47. The van der Waals surface area contributed by atoms with Crippen molar-refractivity contribution in [1.82, 2.24) is 9.29 Å². The fourth-order valence-corrected chi connectivity index (χ4v) is 3.47. The Labute approximate surface area is 141 Å². The molecule has 0 radical (unpaired) electrons. The third-order valence-electron chi connectivity index (χ3n) is 3.44. The number of aliphatic hydroxyl groups excluding tert-OH is 1. The Balaban J connectivity index is 2.21. The number of anilines is 1. The molecule has 0 fully saturated rings. The van der Waals surface area contributed by atoms with Crippen molar-refractivity contribution in [3.05, 3.63) is 53.9 Å². The molecule has 0 atom stereocenters. The van der Waals surface area contributed by atoms with Gasteiger partial charge in [0, 0.05) is 20.1 Å². The van der Waals surface area contributed by atoms with E-state index in [0.29, 0.717) is 16.9 Å². The van der Waals surface area contributed by atoms with Crippen LogP contribution in [0.3, 0.4) is 0 Å². The summed E-state index contributed by atoms with van der Waals surface area (Å²) in [6.07, 6.45) is 1.52. The second-order valence-corrected chi connectivity index (χ2v) is 7.07. The molecule has 0 unspecified atom stereocenters. The van der Waals surface area contributed by atoms with Crippen LogP contribution in [-0.2, 0) is 16.6 Å². The normalized spacial score (nSPS) is 11.2. The second-order valence-electron chi connectivity index (χ2n) is 5.06. The minimum atomic E-state index is -3.67. The summed E-state index contributed by atoms with van der Waals surface area (Å²) >= 11 is 0. The Morgan fingerprint density at radius 2 is 2.04 bits per heavy atom. The smallest absolute Gasteiger partial charge is 0.243 e. The number of nitrogens with one attached hydrogen (secondary N) is 1. The molecule has 0 amide bonds. The molecule has 1 aromatic carbocycles. The van der Waals surface area contributed by atoms with E-state index in [1.807, 2.05) is 6.07 Å². The first-order chi connectivity index (χ1) is 11.5. The molecule has 1 aromatic heterocycles. The van der Waals surface area contributed by atoms with Gasteiger partial charge in [-0.1, -0.05) is 18.2 Å². The topological polar surface area (TPSA) is 106 Å². The van der Waals surface area contributed by atoms with Crippen molar-refractivity contribution in [1.29, 1.82) is 5.26 Å². The fourth-order valence-electron chi connectivity index (χ4n) is 2.09. The van der Waals surface area contributed by atoms with Gasteiger partial charge < -0.3 is 10.4 Å². The molecule has 0 saturated carbocycles. The molecule has 2 N–H and O–H groups in total. The lowest BCUT2D eigenvalue weighted by atomic mass is 10.2. The summed E-state index contributed by atoms with van der Waals surface area (Å²) in [4.78, 5) is 4.15. The van der Waals surface area contributed by atoms with Crippen LogP contribution in [0.1, 0.15) is 11.3 Å². The summed E-state index contributed by atoms with van der Waals surface area (Å²) in [5, 5.41) is 20.8. The minimum Gasteiger partial charge on any atom is -0.395 e. The van der Waals surface area contributed by atoms with E-state index in [2.05, 4.69) is 10.3 Å². The monoisotopic (exact) mass is 346 g/mol. The van der Waals surface area contributed by atoms with Crippen LogP contribution in [0.2, 0.25) is 0 Å². The summed E-state index contributed by atoms with van der Waals surface area (Å²) in [5.41, 5.74) is 1.60. The number of hydrogen-bond donors (Lipinski definition) is 2. The highest BCUT2D eigenvalue weighted by Gasteiger charge is 2.22. The molecule has 7 nitrogen and oxygen atoms in total. The molecule has 126 valence electrons. The summed E-state index contributed by atoms with van der Waals surface area (Å²) in [7, 11) is -2.24. The molecule has 0 aliphatic heterocycles. The predicted molar refractivity (Wildman–Crippen MR) is 89.6 cm³/mol. The molecule has 1 heterocycles. The molecule has 0 bridgehead atoms. The number of benzene rings is 1. The van der Waals surface area contributed by atoms with Crippen LogP contribution in [0.25, 0.3) is 0 Å². The van der Waals surface area contributed by atoms with Crippen molar-refractivity contribution >= 4 is 15.7 Å². The van der Waals surface area contributed by atoms with Crippen molar-refractivity contribution in [2.45, 2.75) is 11.4 Å². The molecule has 0 aliphatic carbocycles. The summed E-state index contributed by atoms with van der Waals surface area (Å²) in [5.74, 6) is 0. The molecular formula is C16H18N4O3S. The van der Waals surface area contributed by atoms with Gasteiger partial charge in [0.1, 0.15) is 11.8 Å². The minimum absolute atomic E-state index is 0.0314. The molecule has 0 spiro atoms. The van der Waals surface area contributed by atoms with Gasteiger partial charge in [-0.05, 0) is 23.8 Å². The average molecular weight is 346 g/mol. The molecule has 2 aromatic rings. The highest BCUT2D eigenvalue weighted by Crippen LogP contribution is 2.20. The fraction of sp³-hybridized carbons (Fsp3) is 0.250. The number of hydrogen-bond acceptors (Lipinski definition) is 6. The molecule has 0 saturated heterocycles. The lowest BCUT2D eigenvalue weighted by Gasteiger charge is -2.18. The Morgan fingerprint density at radius 3 is 2.67 bits per heavy atom. The number of likely N-dealkylation sites (N-methyl/N-ethyl adjacent to an activating group) is 1. The van der Waals surface area contributed by atoms with Gasteiger partial charge in [-0.25, -0.2) is 13.4 Å². The summed E-state index contributed by atoms with van der Waals surface area (Å²) in [6.45, 7) is 0.0760. The number of nitriles is 1. The average Bonchev–Trinajstić information content (AvgIpc) is 2.60. The Kier molecular flexibility index (Phi) is 5.87. The van der Waals surface area contributed by atoms with Gasteiger partial charge in [0.25, 0.3) is 0 Å². The third-order valence-corrected chi connectivity index (χ3v) is 5.39. The van der Waals surface area contributed by atoms with Crippen LogP contribution < -0.4 is 5.32 Å². The Bertz CT molecular complexity index is 829. The zero-order valence-corrected chi connectivity index (χ0v) is 14.0. The maximum Gasteiger partial charge on any atom is 0.243 e. The maximum atomic E-state index is 12.6. The summed E-state index contributed by atoms with van der Waals surface area (Å²) in [6, 6.07) is 11.9. The third kappa shape index (κ3) is 4.08. The highest BCUT2D eigenvalue weighted by molar-refractivity contribution is 7.89. The highest BCUT2D eigenvalue weighted by atomic mass is 32.2. The van der Waals surface area contributed by atoms with Crippen LogP contribution in [0.4, 0.5) is 5.69 Å². The lowest BCUT2D eigenvalue weighted by Crippen LogP contribution is -2.30. The summed E-state index contributed by atoms with van der Waals surface area (Å²) < 4.78 is 26.3. The van der Waals surface area contributed by atoms with E-state index in [1.165, 1.54) is 19.3 Å². The van der Waals surface area contributed by atoms with Gasteiger partial charge >= 0.3 is 0 Å². The van der Waals surface area contributed by atoms with E-state index in [9.17, 15) is 8.42 Å². The molecule has 8 heteroatoms. The van der Waals surface area contributed by atoms with Gasteiger partial charge in [-0.15, -0.1) is 0 Å². The van der Waals surface area contributed by atoms with Gasteiger partial charge in [-0.2, -0.15) is 9.57 Å². The molecule has 2 rings (SSSR count). The van der Waals surface area contributed by atoms with Crippen LogP contribution in [0.15, 0.2) is 47.5 Å². The molecule has 0 aliphatic rings. The van der Waals surface area contributed by atoms with Crippen LogP contribution >= 0.6 is 0 Å². The van der Waals surface area contributed by atoms with E-state index in [0.717, 1.165) is 4.31 Å². The van der Waals surface area contributed by atoms with Gasteiger partial charge in [-0.3, -0.25) is 0 Å². The van der Waals surface area contributed by atoms with Crippen molar-refractivity contribution < 1.29 is 13.5 Å². The number of sulfonamides is 1. The number of rotatable bonds is 7. The van der Waals surface area contributed by atoms with Gasteiger partial charge in [0.2, 0.25) is 10.0 Å². The largest absolute Gasteiger partial charge is 0.395 e. The van der Waals surface area contributed by atoms with Crippen molar-refractivity contribution in [3.63, 3.8) is 0 Å². The quantitative estimate of drug-likeness (QED) is 0.780. The van der Waals surface area contributed by atoms with Crippen molar-refractivity contribution in [3.8, 4) is 6.07 Å².